The Balaban J connectivity index is 2.37. The van der Waals surface area contributed by atoms with Gasteiger partial charge in [0.2, 0.25) is 0 Å². The Morgan fingerprint density at radius 3 is 3.07 bits per heavy atom. The summed E-state index contributed by atoms with van der Waals surface area (Å²) in [7, 11) is 1.99. The Bertz CT molecular complexity index is 473. The fraction of sp³-hybridized carbons (Fsp3) is 0.300. The molecule has 2 aromatic heterocycles. The number of fused-ring (bicyclic) bond motifs is 1. The molecule has 15 heavy (non-hydrogen) atoms. The topological polar surface area (TPSA) is 57.7 Å². The Hall–Kier alpha value is -1.91. The van der Waals surface area contributed by atoms with E-state index < -0.39 is 0 Å². The summed E-state index contributed by atoms with van der Waals surface area (Å²) in [6.45, 7) is 2.82. The molecule has 2 aromatic rings. The number of nitrogens with one attached hydrogen (secondary N) is 1. The maximum atomic E-state index is 4.24. The van der Waals surface area contributed by atoms with Crippen LogP contribution in [0.2, 0.25) is 0 Å². The molecule has 0 unspecified atom stereocenters. The van der Waals surface area contributed by atoms with Crippen molar-refractivity contribution >= 4 is 17.0 Å². The standard InChI is InChI=1S/C10H13N5/c1-3-4-5-15(2)10-8-9(12-6-11-8)13-7-14-10/h3-4,6-7H,5H2,1-2H3,(H,11,12,13,14). The van der Waals surface area contributed by atoms with Gasteiger partial charge in [-0.05, 0) is 6.92 Å². The third-order valence-electron chi connectivity index (χ3n) is 2.18. The van der Waals surface area contributed by atoms with E-state index in [1.807, 2.05) is 24.9 Å². The molecule has 0 aliphatic rings. The molecule has 0 saturated heterocycles. The lowest BCUT2D eigenvalue weighted by molar-refractivity contribution is 0.985. The highest BCUT2D eigenvalue weighted by atomic mass is 15.2. The normalized spacial score (nSPS) is 11.3. The van der Waals surface area contributed by atoms with Gasteiger partial charge in [0.25, 0.3) is 0 Å². The number of anilines is 1. The lowest BCUT2D eigenvalue weighted by Gasteiger charge is -2.15. The monoisotopic (exact) mass is 203 g/mol. The predicted molar refractivity (Wildman–Crippen MR) is 59.8 cm³/mol. The number of rotatable bonds is 3. The molecule has 0 aliphatic heterocycles. The number of hydrogen-bond acceptors (Lipinski definition) is 4. The van der Waals surface area contributed by atoms with Crippen molar-refractivity contribution < 1.29 is 0 Å². The lowest BCUT2D eigenvalue weighted by atomic mass is 10.4. The van der Waals surface area contributed by atoms with Crippen LogP contribution in [0.15, 0.2) is 24.8 Å². The number of aromatic amines is 1. The molecule has 2 rings (SSSR count). The Kier molecular flexibility index (Phi) is 2.62. The number of likely N-dealkylation sites (N-methyl/N-ethyl adjacent to an activating group) is 1. The number of hydrogen-bond donors (Lipinski definition) is 1. The van der Waals surface area contributed by atoms with E-state index in [9.17, 15) is 0 Å². The van der Waals surface area contributed by atoms with Crippen molar-refractivity contribution in [1.29, 1.82) is 0 Å². The van der Waals surface area contributed by atoms with Gasteiger partial charge in [-0.1, -0.05) is 12.2 Å². The molecule has 0 aromatic carbocycles. The highest BCUT2D eigenvalue weighted by molar-refractivity contribution is 5.82. The van der Waals surface area contributed by atoms with Crippen LogP contribution in [0.25, 0.3) is 11.2 Å². The maximum Gasteiger partial charge on any atom is 0.182 e. The van der Waals surface area contributed by atoms with Crippen molar-refractivity contribution in [3.8, 4) is 0 Å². The third-order valence-corrected chi connectivity index (χ3v) is 2.18. The minimum absolute atomic E-state index is 0.701. The first-order valence-corrected chi connectivity index (χ1v) is 4.79. The van der Waals surface area contributed by atoms with Crippen LogP contribution in [-0.2, 0) is 0 Å². The molecule has 0 bridgehead atoms. The van der Waals surface area contributed by atoms with Crippen LogP contribution in [-0.4, -0.2) is 33.5 Å². The van der Waals surface area contributed by atoms with E-state index in [-0.39, 0.29) is 0 Å². The Morgan fingerprint density at radius 2 is 2.27 bits per heavy atom. The lowest BCUT2D eigenvalue weighted by Crippen LogP contribution is -2.18. The van der Waals surface area contributed by atoms with Crippen LogP contribution in [0.4, 0.5) is 5.82 Å². The van der Waals surface area contributed by atoms with E-state index in [0.717, 1.165) is 17.9 Å². The minimum Gasteiger partial charge on any atom is -0.354 e. The van der Waals surface area contributed by atoms with E-state index in [1.165, 1.54) is 6.33 Å². The van der Waals surface area contributed by atoms with Crippen LogP contribution in [0.3, 0.4) is 0 Å². The summed E-state index contributed by atoms with van der Waals surface area (Å²) in [5.41, 5.74) is 1.58. The quantitative estimate of drug-likeness (QED) is 0.765. The fourth-order valence-corrected chi connectivity index (χ4v) is 1.39. The summed E-state index contributed by atoms with van der Waals surface area (Å²) >= 11 is 0. The van der Waals surface area contributed by atoms with Gasteiger partial charge in [-0.25, -0.2) is 15.0 Å². The molecule has 5 nitrogen and oxygen atoms in total. The van der Waals surface area contributed by atoms with E-state index >= 15 is 0 Å². The molecule has 1 N–H and O–H groups in total. The minimum atomic E-state index is 0.701. The number of allylic oxidation sites excluding steroid dienone is 1. The maximum absolute atomic E-state index is 4.24. The van der Waals surface area contributed by atoms with E-state index in [1.54, 1.807) is 6.33 Å². The highest BCUT2D eigenvalue weighted by Crippen LogP contribution is 2.17. The summed E-state index contributed by atoms with van der Waals surface area (Å²) < 4.78 is 0. The number of H-pyrrole nitrogens is 1. The Labute approximate surface area is 87.9 Å². The number of nitrogens with zero attached hydrogens (tertiary/aromatic N) is 4. The second-order valence-electron chi connectivity index (χ2n) is 3.25. The van der Waals surface area contributed by atoms with Crippen LogP contribution in [0, 0.1) is 0 Å². The van der Waals surface area contributed by atoms with Crippen molar-refractivity contribution in [1.82, 2.24) is 19.9 Å². The smallest absolute Gasteiger partial charge is 0.182 e. The molecule has 0 amide bonds. The van der Waals surface area contributed by atoms with Gasteiger partial charge in [0.05, 0.1) is 6.33 Å². The van der Waals surface area contributed by atoms with Crippen LogP contribution in [0.1, 0.15) is 6.92 Å². The molecule has 0 aliphatic carbocycles. The van der Waals surface area contributed by atoms with Crippen molar-refractivity contribution in [3.05, 3.63) is 24.8 Å². The van der Waals surface area contributed by atoms with Crippen molar-refractivity contribution in [3.63, 3.8) is 0 Å². The van der Waals surface area contributed by atoms with Gasteiger partial charge in [0.15, 0.2) is 11.5 Å². The first kappa shape index (κ1) is 9.64. The molecule has 0 radical (unpaired) electrons. The van der Waals surface area contributed by atoms with E-state index in [2.05, 4.69) is 26.0 Å². The van der Waals surface area contributed by atoms with Crippen molar-refractivity contribution in [2.24, 2.45) is 0 Å². The van der Waals surface area contributed by atoms with Crippen molar-refractivity contribution in [2.75, 3.05) is 18.5 Å². The summed E-state index contributed by atoms with van der Waals surface area (Å²) in [6, 6.07) is 0. The number of aromatic nitrogens is 4. The average molecular weight is 203 g/mol. The summed E-state index contributed by atoms with van der Waals surface area (Å²) in [5, 5.41) is 0. The van der Waals surface area contributed by atoms with Crippen molar-refractivity contribution in [2.45, 2.75) is 6.92 Å². The molecule has 5 heteroatoms. The van der Waals surface area contributed by atoms with E-state index in [0.29, 0.717) is 5.65 Å². The zero-order valence-electron chi connectivity index (χ0n) is 8.81. The molecule has 0 saturated carbocycles. The molecule has 78 valence electrons. The van der Waals surface area contributed by atoms with E-state index in [4.69, 9.17) is 0 Å². The second kappa shape index (κ2) is 4.08. The van der Waals surface area contributed by atoms with Gasteiger partial charge in [-0.3, -0.25) is 0 Å². The highest BCUT2D eigenvalue weighted by Gasteiger charge is 2.08. The van der Waals surface area contributed by atoms with Gasteiger partial charge in [0, 0.05) is 13.6 Å². The zero-order valence-corrected chi connectivity index (χ0v) is 8.81. The SMILES string of the molecule is CC=CCN(C)c1ncnc2nc[nH]c12. The summed E-state index contributed by atoms with van der Waals surface area (Å²) in [4.78, 5) is 17.5. The van der Waals surface area contributed by atoms with Crippen LogP contribution >= 0.6 is 0 Å². The van der Waals surface area contributed by atoms with Gasteiger partial charge >= 0.3 is 0 Å². The predicted octanol–water partition coefficient (Wildman–Crippen LogP) is 1.37. The molecular formula is C10H13N5. The molecule has 2 heterocycles. The summed E-state index contributed by atoms with van der Waals surface area (Å²) in [5.74, 6) is 0.871. The second-order valence-corrected chi connectivity index (χ2v) is 3.25. The van der Waals surface area contributed by atoms with Gasteiger partial charge in [0.1, 0.15) is 11.8 Å². The fourth-order valence-electron chi connectivity index (χ4n) is 1.39. The van der Waals surface area contributed by atoms with Gasteiger partial charge < -0.3 is 9.88 Å². The molecule has 0 spiro atoms. The van der Waals surface area contributed by atoms with Crippen LogP contribution in [0.5, 0.6) is 0 Å². The molecule has 0 atom stereocenters. The Morgan fingerprint density at radius 1 is 1.40 bits per heavy atom. The summed E-state index contributed by atoms with van der Waals surface area (Å²) in [6.07, 6.45) is 7.25. The zero-order chi connectivity index (χ0) is 10.7. The third kappa shape index (κ3) is 1.81. The number of imidazole rings is 1. The molecular weight excluding hydrogens is 190 g/mol. The molecule has 0 fully saturated rings. The average Bonchev–Trinajstić information content (AvgIpc) is 2.73. The largest absolute Gasteiger partial charge is 0.354 e. The van der Waals surface area contributed by atoms with Gasteiger partial charge in [-0.2, -0.15) is 0 Å². The van der Waals surface area contributed by atoms with Gasteiger partial charge in [-0.15, -0.1) is 0 Å². The first-order valence-electron chi connectivity index (χ1n) is 4.79. The van der Waals surface area contributed by atoms with Crippen LogP contribution < -0.4 is 4.90 Å². The first-order chi connectivity index (χ1) is 7.33.